The van der Waals surface area contributed by atoms with Crippen LogP contribution >= 0.6 is 0 Å². The molecular formula is C19H26N4O3. The quantitative estimate of drug-likeness (QED) is 0.819. The fourth-order valence-corrected chi connectivity index (χ4v) is 3.09. The van der Waals surface area contributed by atoms with E-state index >= 15 is 0 Å². The monoisotopic (exact) mass is 358 g/mol. The van der Waals surface area contributed by atoms with Crippen LogP contribution in [0.15, 0.2) is 24.3 Å². The number of amides is 1. The molecule has 1 aliphatic rings. The molecule has 0 unspecified atom stereocenters. The number of aromatic nitrogens is 3. The Morgan fingerprint density at radius 3 is 2.58 bits per heavy atom. The smallest absolute Gasteiger partial charge is 0.227 e. The van der Waals surface area contributed by atoms with Crippen molar-refractivity contribution in [2.75, 3.05) is 25.2 Å². The molecule has 1 aliphatic heterocycles. The Kier molecular flexibility index (Phi) is 5.38. The average molecular weight is 358 g/mol. The van der Waals surface area contributed by atoms with Crippen molar-refractivity contribution in [3.63, 3.8) is 0 Å². The largest absolute Gasteiger partial charge is 0.389 e. The summed E-state index contributed by atoms with van der Waals surface area (Å²) in [5.74, 6) is 1.56. The van der Waals surface area contributed by atoms with Crippen LogP contribution in [0.25, 0.3) is 11.4 Å². The SMILES string of the molecule is COCCc1nc(-c2ccc(N3CCCC3=O)cc2)n(CC(C)(C)O)n1. The summed E-state index contributed by atoms with van der Waals surface area (Å²) in [5.41, 5.74) is 0.910. The van der Waals surface area contributed by atoms with Gasteiger partial charge in [-0.05, 0) is 44.5 Å². The number of carbonyl (C=O) groups excluding carboxylic acids is 1. The Bertz CT molecular complexity index is 762. The Morgan fingerprint density at radius 1 is 1.27 bits per heavy atom. The van der Waals surface area contributed by atoms with Crippen molar-refractivity contribution in [3.8, 4) is 11.4 Å². The van der Waals surface area contributed by atoms with Crippen LogP contribution in [0.3, 0.4) is 0 Å². The lowest BCUT2D eigenvalue weighted by Gasteiger charge is -2.18. The van der Waals surface area contributed by atoms with E-state index in [9.17, 15) is 9.90 Å². The van der Waals surface area contributed by atoms with Gasteiger partial charge in [-0.15, -0.1) is 0 Å². The zero-order chi connectivity index (χ0) is 18.7. The first-order valence-electron chi connectivity index (χ1n) is 8.93. The van der Waals surface area contributed by atoms with Crippen molar-refractivity contribution in [3.05, 3.63) is 30.1 Å². The predicted molar refractivity (Wildman–Crippen MR) is 98.9 cm³/mol. The summed E-state index contributed by atoms with van der Waals surface area (Å²) in [6, 6.07) is 7.78. The third kappa shape index (κ3) is 4.28. The maximum atomic E-state index is 11.9. The van der Waals surface area contributed by atoms with E-state index < -0.39 is 5.60 Å². The normalized spacial score (nSPS) is 15.1. The minimum atomic E-state index is -0.900. The highest BCUT2D eigenvalue weighted by molar-refractivity contribution is 5.95. The molecule has 1 fully saturated rings. The second kappa shape index (κ2) is 7.55. The summed E-state index contributed by atoms with van der Waals surface area (Å²) in [6.45, 7) is 5.15. The molecule has 1 amide bonds. The standard InChI is InChI=1S/C19H26N4O3/c1-19(2,25)13-23-18(20-16(21-23)10-12-26-3)14-6-8-15(9-7-14)22-11-4-5-17(22)24/h6-9,25H,4-5,10-13H2,1-3H3. The molecule has 7 nitrogen and oxygen atoms in total. The molecule has 3 rings (SSSR count). The molecule has 1 N–H and O–H groups in total. The van der Waals surface area contributed by atoms with E-state index in [4.69, 9.17) is 4.74 Å². The summed E-state index contributed by atoms with van der Waals surface area (Å²) in [4.78, 5) is 18.3. The molecule has 1 saturated heterocycles. The van der Waals surface area contributed by atoms with E-state index in [0.29, 0.717) is 37.6 Å². The molecule has 7 heteroatoms. The van der Waals surface area contributed by atoms with E-state index in [1.54, 1.807) is 25.6 Å². The lowest BCUT2D eigenvalue weighted by molar-refractivity contribution is -0.117. The van der Waals surface area contributed by atoms with Gasteiger partial charge in [0.25, 0.3) is 0 Å². The lowest BCUT2D eigenvalue weighted by Crippen LogP contribution is -2.27. The molecule has 0 aliphatic carbocycles. The van der Waals surface area contributed by atoms with Crippen LogP contribution in [0.2, 0.25) is 0 Å². The number of anilines is 1. The maximum absolute atomic E-state index is 11.9. The summed E-state index contributed by atoms with van der Waals surface area (Å²) < 4.78 is 6.85. The molecule has 1 aromatic carbocycles. The third-order valence-corrected chi connectivity index (χ3v) is 4.29. The number of methoxy groups -OCH3 is 1. The molecule has 0 atom stereocenters. The number of hydrogen-bond acceptors (Lipinski definition) is 5. The minimum absolute atomic E-state index is 0.171. The van der Waals surface area contributed by atoms with Gasteiger partial charge in [0, 0.05) is 37.7 Å². The fraction of sp³-hybridized carbons (Fsp3) is 0.526. The number of carbonyl (C=O) groups is 1. The highest BCUT2D eigenvalue weighted by atomic mass is 16.5. The average Bonchev–Trinajstić information content (AvgIpc) is 3.18. The first-order valence-corrected chi connectivity index (χ1v) is 8.93. The second-order valence-corrected chi connectivity index (χ2v) is 7.26. The zero-order valence-corrected chi connectivity index (χ0v) is 15.6. The number of nitrogens with zero attached hydrogens (tertiary/aromatic N) is 4. The van der Waals surface area contributed by atoms with Gasteiger partial charge >= 0.3 is 0 Å². The molecule has 1 aromatic heterocycles. The van der Waals surface area contributed by atoms with Crippen LogP contribution in [0.4, 0.5) is 5.69 Å². The van der Waals surface area contributed by atoms with Gasteiger partial charge < -0.3 is 14.7 Å². The van der Waals surface area contributed by atoms with Crippen molar-refractivity contribution in [1.29, 1.82) is 0 Å². The lowest BCUT2D eigenvalue weighted by atomic mass is 10.1. The number of rotatable bonds is 7. The first-order chi connectivity index (χ1) is 12.4. The van der Waals surface area contributed by atoms with E-state index in [1.165, 1.54) is 0 Å². The second-order valence-electron chi connectivity index (χ2n) is 7.26. The van der Waals surface area contributed by atoms with E-state index in [-0.39, 0.29) is 5.91 Å². The van der Waals surface area contributed by atoms with Crippen LogP contribution < -0.4 is 4.90 Å². The van der Waals surface area contributed by atoms with Crippen LogP contribution in [0.1, 0.15) is 32.5 Å². The molecule has 2 heterocycles. The number of benzene rings is 1. The molecule has 0 bridgehead atoms. The Morgan fingerprint density at radius 2 is 2.00 bits per heavy atom. The van der Waals surface area contributed by atoms with Gasteiger partial charge in [-0.3, -0.25) is 4.79 Å². The summed E-state index contributed by atoms with van der Waals surface area (Å²) in [7, 11) is 1.65. The van der Waals surface area contributed by atoms with Crippen LogP contribution in [-0.2, 0) is 22.5 Å². The molecular weight excluding hydrogens is 332 g/mol. The van der Waals surface area contributed by atoms with Crippen molar-refractivity contribution in [1.82, 2.24) is 14.8 Å². The van der Waals surface area contributed by atoms with E-state index in [0.717, 1.165) is 24.2 Å². The fourth-order valence-electron chi connectivity index (χ4n) is 3.09. The Hall–Kier alpha value is -2.25. The van der Waals surface area contributed by atoms with Gasteiger partial charge in [0.1, 0.15) is 0 Å². The van der Waals surface area contributed by atoms with Crippen molar-refractivity contribution in [2.45, 2.75) is 45.3 Å². The van der Waals surface area contributed by atoms with E-state index in [2.05, 4.69) is 10.1 Å². The molecule has 0 saturated carbocycles. The zero-order valence-electron chi connectivity index (χ0n) is 15.6. The van der Waals surface area contributed by atoms with Crippen LogP contribution in [0.5, 0.6) is 0 Å². The van der Waals surface area contributed by atoms with Gasteiger partial charge in [0.2, 0.25) is 5.91 Å². The van der Waals surface area contributed by atoms with Gasteiger partial charge in [0.15, 0.2) is 11.6 Å². The number of ether oxygens (including phenoxy) is 1. The van der Waals surface area contributed by atoms with Gasteiger partial charge in [-0.2, -0.15) is 5.10 Å². The summed E-state index contributed by atoms with van der Waals surface area (Å²) in [6.07, 6.45) is 2.14. The third-order valence-electron chi connectivity index (χ3n) is 4.29. The number of hydrogen-bond donors (Lipinski definition) is 1. The first kappa shape index (κ1) is 18.5. The summed E-state index contributed by atoms with van der Waals surface area (Å²) >= 11 is 0. The number of aliphatic hydroxyl groups is 1. The molecule has 26 heavy (non-hydrogen) atoms. The topological polar surface area (TPSA) is 80.5 Å². The van der Waals surface area contributed by atoms with Crippen molar-refractivity contribution >= 4 is 11.6 Å². The van der Waals surface area contributed by atoms with Gasteiger partial charge in [-0.1, -0.05) is 0 Å². The predicted octanol–water partition coefficient (Wildman–Crippen LogP) is 2.03. The minimum Gasteiger partial charge on any atom is -0.389 e. The Balaban J connectivity index is 1.88. The van der Waals surface area contributed by atoms with Crippen LogP contribution in [0, 0.1) is 0 Å². The Labute approximate surface area is 153 Å². The van der Waals surface area contributed by atoms with E-state index in [1.807, 2.05) is 29.2 Å². The van der Waals surface area contributed by atoms with Gasteiger partial charge in [0.05, 0.1) is 18.8 Å². The van der Waals surface area contributed by atoms with Crippen molar-refractivity contribution < 1.29 is 14.6 Å². The maximum Gasteiger partial charge on any atom is 0.227 e. The summed E-state index contributed by atoms with van der Waals surface area (Å²) in [5, 5.41) is 14.7. The highest BCUT2D eigenvalue weighted by Crippen LogP contribution is 2.26. The highest BCUT2D eigenvalue weighted by Gasteiger charge is 2.23. The molecule has 0 spiro atoms. The molecule has 0 radical (unpaired) electrons. The van der Waals surface area contributed by atoms with Crippen molar-refractivity contribution in [2.24, 2.45) is 0 Å². The van der Waals surface area contributed by atoms with Gasteiger partial charge in [-0.25, -0.2) is 9.67 Å². The molecule has 140 valence electrons. The van der Waals surface area contributed by atoms with Crippen LogP contribution in [-0.4, -0.2) is 51.6 Å². The molecule has 2 aromatic rings.